The summed E-state index contributed by atoms with van der Waals surface area (Å²) < 4.78 is 2.48. The van der Waals surface area contributed by atoms with Crippen LogP contribution in [0.4, 0.5) is 17.1 Å². The molecule has 1 aliphatic rings. The predicted molar refractivity (Wildman–Crippen MR) is 249 cm³/mol. The Kier molecular flexibility index (Phi) is 8.20. The van der Waals surface area contributed by atoms with Crippen molar-refractivity contribution in [3.63, 3.8) is 0 Å². The van der Waals surface area contributed by atoms with Gasteiger partial charge in [-0.05, 0) is 81.4 Å². The van der Waals surface area contributed by atoms with Crippen LogP contribution in [0.3, 0.4) is 0 Å². The summed E-state index contributed by atoms with van der Waals surface area (Å²) in [6.45, 7) is 4.71. The molecule has 0 bridgehead atoms. The highest BCUT2D eigenvalue weighted by molar-refractivity contribution is 6.14. The summed E-state index contributed by atoms with van der Waals surface area (Å²) in [6.07, 6.45) is 0. The average molecular weight is 755 g/mol. The van der Waals surface area contributed by atoms with Crippen molar-refractivity contribution < 1.29 is 0 Å². The van der Waals surface area contributed by atoms with E-state index in [1.165, 1.54) is 71.9 Å². The number of hydrogen-bond donors (Lipinski definition) is 0. The van der Waals surface area contributed by atoms with E-state index >= 15 is 0 Å². The van der Waals surface area contributed by atoms with Crippen molar-refractivity contribution in [2.75, 3.05) is 4.90 Å². The van der Waals surface area contributed by atoms with Gasteiger partial charge in [0, 0.05) is 44.3 Å². The van der Waals surface area contributed by atoms with Crippen molar-refractivity contribution in [3.05, 3.63) is 230 Å². The molecule has 0 atom stereocenters. The molecular weight excluding hydrogens is 713 g/mol. The van der Waals surface area contributed by atoms with Crippen molar-refractivity contribution in [2.24, 2.45) is 0 Å². The topological polar surface area (TPSA) is 8.17 Å². The number of para-hydroxylation sites is 4. The summed E-state index contributed by atoms with van der Waals surface area (Å²) in [7, 11) is 0. The van der Waals surface area contributed by atoms with Gasteiger partial charge in [-0.25, -0.2) is 0 Å². The normalized spacial score (nSPS) is 12.7. The maximum absolute atomic E-state index is 2.48. The van der Waals surface area contributed by atoms with Crippen LogP contribution < -0.4 is 4.90 Å². The monoisotopic (exact) mass is 754 g/mol. The third kappa shape index (κ3) is 5.63. The van der Waals surface area contributed by atoms with E-state index < -0.39 is 0 Å². The molecule has 1 heterocycles. The van der Waals surface area contributed by atoms with Gasteiger partial charge in [0.15, 0.2) is 0 Å². The van der Waals surface area contributed by atoms with Crippen LogP contribution in [0, 0.1) is 0 Å². The lowest BCUT2D eigenvalue weighted by Gasteiger charge is -2.30. The van der Waals surface area contributed by atoms with Crippen LogP contribution in [0.1, 0.15) is 25.0 Å². The first-order valence-corrected chi connectivity index (χ1v) is 20.5. The molecule has 0 saturated carbocycles. The fourth-order valence-electron chi connectivity index (χ4n) is 9.61. The first-order valence-electron chi connectivity index (χ1n) is 20.5. The molecule has 9 aromatic carbocycles. The minimum absolute atomic E-state index is 0.118. The van der Waals surface area contributed by atoms with Gasteiger partial charge >= 0.3 is 0 Å². The summed E-state index contributed by atoms with van der Waals surface area (Å²) in [6, 6.07) is 79.8. The average Bonchev–Trinajstić information content (AvgIpc) is 3.76. The Morgan fingerprint density at radius 1 is 0.373 bits per heavy atom. The first-order chi connectivity index (χ1) is 29.1. The fraction of sp³-hybridized carbons (Fsp3) is 0.0526. The summed E-state index contributed by atoms with van der Waals surface area (Å²) in [5.41, 5.74) is 19.4. The molecule has 0 unspecified atom stereocenters. The van der Waals surface area contributed by atoms with Gasteiger partial charge in [0.1, 0.15) is 0 Å². The summed E-state index contributed by atoms with van der Waals surface area (Å²) in [5, 5.41) is 2.50. The minimum atomic E-state index is -0.118. The molecule has 2 nitrogen and oxygen atoms in total. The second-order valence-electron chi connectivity index (χ2n) is 16.1. The smallest absolute Gasteiger partial charge is 0.0619 e. The van der Waals surface area contributed by atoms with Crippen LogP contribution in [0.15, 0.2) is 218 Å². The van der Waals surface area contributed by atoms with Crippen LogP contribution in [0.5, 0.6) is 0 Å². The lowest BCUT2D eigenvalue weighted by molar-refractivity contribution is 0.660. The lowest BCUT2D eigenvalue weighted by atomic mass is 9.82. The molecule has 0 saturated heterocycles. The summed E-state index contributed by atoms with van der Waals surface area (Å²) >= 11 is 0. The van der Waals surface area contributed by atoms with Crippen LogP contribution in [0.25, 0.3) is 72.0 Å². The highest BCUT2D eigenvalue weighted by atomic mass is 15.1. The molecular formula is C57H42N2. The maximum Gasteiger partial charge on any atom is 0.0619 e. The number of fused-ring (bicyclic) bond motifs is 6. The van der Waals surface area contributed by atoms with E-state index in [4.69, 9.17) is 0 Å². The zero-order chi connectivity index (χ0) is 39.5. The Bertz CT molecular complexity index is 3170. The van der Waals surface area contributed by atoms with Crippen molar-refractivity contribution in [2.45, 2.75) is 19.3 Å². The number of benzene rings is 9. The Balaban J connectivity index is 1.08. The third-order valence-electron chi connectivity index (χ3n) is 12.4. The van der Waals surface area contributed by atoms with Crippen molar-refractivity contribution >= 4 is 38.9 Å². The third-order valence-corrected chi connectivity index (χ3v) is 12.4. The quantitative estimate of drug-likeness (QED) is 0.157. The van der Waals surface area contributed by atoms with Crippen LogP contribution in [0.2, 0.25) is 0 Å². The van der Waals surface area contributed by atoms with Crippen molar-refractivity contribution in [1.82, 2.24) is 4.57 Å². The fourth-order valence-corrected chi connectivity index (χ4v) is 9.61. The minimum Gasteiger partial charge on any atom is -0.310 e. The number of aromatic nitrogens is 1. The molecule has 0 N–H and O–H groups in total. The molecule has 11 rings (SSSR count). The zero-order valence-corrected chi connectivity index (χ0v) is 33.2. The van der Waals surface area contributed by atoms with Gasteiger partial charge in [-0.15, -0.1) is 0 Å². The Hall–Kier alpha value is -7.42. The van der Waals surface area contributed by atoms with Gasteiger partial charge in [0.25, 0.3) is 0 Å². The molecule has 1 aliphatic carbocycles. The van der Waals surface area contributed by atoms with E-state index in [1.807, 2.05) is 0 Å². The standard InChI is InChI=1S/C57H42N2/c1-57(2)51-28-13-9-24-47(51)48-37-36-43(38-52(48)57)58(53-29-14-10-22-44(53)39-18-5-3-6-19-39)42-34-32-41(33-35-42)45-23-11-15-30-54(45)59-55-31-16-12-25-49(55)50-27-17-26-46(56(50)59)40-20-7-4-8-21-40/h3-38H,1-2H3. The first kappa shape index (κ1) is 34.8. The SMILES string of the molecule is CC1(C)c2ccccc2-c2ccc(N(c3ccc(-c4ccccc4-n4c5ccccc5c5cccc(-c6ccccc6)c54)cc3)c3ccccc3-c3ccccc3)cc21. The van der Waals surface area contributed by atoms with E-state index in [1.54, 1.807) is 0 Å². The molecule has 0 aliphatic heterocycles. The van der Waals surface area contributed by atoms with E-state index in [9.17, 15) is 0 Å². The number of anilines is 3. The highest BCUT2D eigenvalue weighted by Crippen LogP contribution is 2.51. The molecule has 0 radical (unpaired) electrons. The maximum atomic E-state index is 2.48. The van der Waals surface area contributed by atoms with Crippen LogP contribution in [-0.4, -0.2) is 4.57 Å². The van der Waals surface area contributed by atoms with E-state index in [0.29, 0.717) is 0 Å². The molecule has 280 valence electrons. The Labute approximate surface area is 345 Å². The van der Waals surface area contributed by atoms with Gasteiger partial charge in [0.2, 0.25) is 0 Å². The zero-order valence-electron chi connectivity index (χ0n) is 33.2. The summed E-state index contributed by atoms with van der Waals surface area (Å²) in [5.74, 6) is 0. The van der Waals surface area contributed by atoms with Gasteiger partial charge in [-0.1, -0.05) is 190 Å². The molecule has 0 amide bonds. The second kappa shape index (κ2) is 13.9. The molecule has 2 heteroatoms. The van der Waals surface area contributed by atoms with E-state index in [0.717, 1.165) is 28.3 Å². The molecule has 1 aromatic heterocycles. The molecule has 59 heavy (non-hydrogen) atoms. The number of rotatable bonds is 7. The molecule has 10 aromatic rings. The van der Waals surface area contributed by atoms with E-state index in [-0.39, 0.29) is 5.41 Å². The Morgan fingerprint density at radius 3 is 1.69 bits per heavy atom. The lowest BCUT2D eigenvalue weighted by Crippen LogP contribution is -2.16. The van der Waals surface area contributed by atoms with Crippen molar-refractivity contribution in [3.8, 4) is 50.2 Å². The number of hydrogen-bond acceptors (Lipinski definition) is 1. The largest absolute Gasteiger partial charge is 0.310 e. The van der Waals surface area contributed by atoms with Crippen LogP contribution in [-0.2, 0) is 5.41 Å². The van der Waals surface area contributed by atoms with Gasteiger partial charge in [0.05, 0.1) is 22.4 Å². The molecule has 0 spiro atoms. The molecule has 0 fully saturated rings. The second-order valence-corrected chi connectivity index (χ2v) is 16.1. The highest BCUT2D eigenvalue weighted by Gasteiger charge is 2.36. The van der Waals surface area contributed by atoms with Gasteiger partial charge < -0.3 is 9.47 Å². The van der Waals surface area contributed by atoms with E-state index in [2.05, 4.69) is 242 Å². The number of nitrogens with zero attached hydrogens (tertiary/aromatic N) is 2. The van der Waals surface area contributed by atoms with Gasteiger partial charge in [-0.2, -0.15) is 0 Å². The van der Waals surface area contributed by atoms with Crippen molar-refractivity contribution in [1.29, 1.82) is 0 Å². The van der Waals surface area contributed by atoms with Crippen LogP contribution >= 0.6 is 0 Å². The Morgan fingerprint density at radius 2 is 0.915 bits per heavy atom. The predicted octanol–water partition coefficient (Wildman–Crippen LogP) is 15.6. The summed E-state index contributed by atoms with van der Waals surface area (Å²) in [4.78, 5) is 2.44. The van der Waals surface area contributed by atoms with Gasteiger partial charge in [-0.3, -0.25) is 0 Å².